The molecule has 0 saturated carbocycles. The number of hydrogen-bond acceptors (Lipinski definition) is 4. The van der Waals surface area contributed by atoms with Gasteiger partial charge >= 0.3 is 5.97 Å². The van der Waals surface area contributed by atoms with Crippen molar-refractivity contribution in [1.29, 1.82) is 0 Å². The average molecular weight is 314 g/mol. The number of aliphatic hydroxyl groups excluding tert-OH is 1. The SMILES string of the molecule is CNN(C(=O)c1ccccc1-c1ccccc1)C(CO)C(=O)O. The zero-order valence-corrected chi connectivity index (χ0v) is 12.6. The molecule has 0 aliphatic carbocycles. The summed E-state index contributed by atoms with van der Waals surface area (Å²) in [6.07, 6.45) is 0. The molecule has 0 aromatic heterocycles. The predicted octanol–water partition coefficient (Wildman–Crippen LogP) is 1.38. The van der Waals surface area contributed by atoms with E-state index >= 15 is 0 Å². The van der Waals surface area contributed by atoms with E-state index in [1.807, 2.05) is 36.4 Å². The maximum absolute atomic E-state index is 12.8. The fourth-order valence-electron chi connectivity index (χ4n) is 2.34. The fraction of sp³-hybridized carbons (Fsp3) is 0.176. The summed E-state index contributed by atoms with van der Waals surface area (Å²) >= 11 is 0. The molecular formula is C17H18N2O4. The molecule has 0 bridgehead atoms. The highest BCUT2D eigenvalue weighted by molar-refractivity contribution is 6.02. The quantitative estimate of drug-likeness (QED) is 0.701. The third-order valence-electron chi connectivity index (χ3n) is 3.47. The molecule has 2 rings (SSSR count). The molecule has 3 N–H and O–H groups in total. The highest BCUT2D eigenvalue weighted by Gasteiger charge is 2.30. The molecule has 0 saturated heterocycles. The maximum atomic E-state index is 12.8. The predicted molar refractivity (Wildman–Crippen MR) is 85.6 cm³/mol. The van der Waals surface area contributed by atoms with Gasteiger partial charge in [-0.1, -0.05) is 48.5 Å². The molecular weight excluding hydrogens is 296 g/mol. The molecule has 2 aromatic rings. The second-order valence-electron chi connectivity index (χ2n) is 4.85. The Balaban J connectivity index is 2.45. The first-order valence-electron chi connectivity index (χ1n) is 7.09. The Kier molecular flexibility index (Phi) is 5.46. The van der Waals surface area contributed by atoms with Crippen molar-refractivity contribution in [3.05, 3.63) is 60.2 Å². The van der Waals surface area contributed by atoms with E-state index in [4.69, 9.17) is 5.11 Å². The van der Waals surface area contributed by atoms with E-state index in [1.54, 1.807) is 18.2 Å². The Morgan fingerprint density at radius 2 is 1.70 bits per heavy atom. The van der Waals surface area contributed by atoms with Crippen molar-refractivity contribution >= 4 is 11.9 Å². The number of rotatable bonds is 6. The number of nitrogens with zero attached hydrogens (tertiary/aromatic N) is 1. The van der Waals surface area contributed by atoms with Crippen LogP contribution in [0, 0.1) is 0 Å². The van der Waals surface area contributed by atoms with Crippen molar-refractivity contribution in [1.82, 2.24) is 10.4 Å². The molecule has 6 heteroatoms. The van der Waals surface area contributed by atoms with Gasteiger partial charge in [-0.3, -0.25) is 9.80 Å². The molecule has 6 nitrogen and oxygen atoms in total. The first-order chi connectivity index (χ1) is 11.1. The summed E-state index contributed by atoms with van der Waals surface area (Å²) in [6, 6.07) is 14.9. The Bertz CT molecular complexity index is 688. The molecule has 0 aliphatic heterocycles. The lowest BCUT2D eigenvalue weighted by Crippen LogP contribution is -2.53. The second kappa shape index (κ2) is 7.53. The van der Waals surface area contributed by atoms with Gasteiger partial charge in [0.05, 0.1) is 6.61 Å². The lowest BCUT2D eigenvalue weighted by molar-refractivity contribution is -0.144. The number of aliphatic hydroxyl groups is 1. The Morgan fingerprint density at radius 1 is 1.09 bits per heavy atom. The van der Waals surface area contributed by atoms with E-state index in [2.05, 4.69) is 5.43 Å². The molecule has 23 heavy (non-hydrogen) atoms. The van der Waals surface area contributed by atoms with Crippen LogP contribution in [-0.2, 0) is 4.79 Å². The van der Waals surface area contributed by atoms with Crippen molar-refractivity contribution in [2.45, 2.75) is 6.04 Å². The van der Waals surface area contributed by atoms with Gasteiger partial charge in [0.15, 0.2) is 6.04 Å². The molecule has 1 amide bonds. The minimum absolute atomic E-state index is 0.354. The summed E-state index contributed by atoms with van der Waals surface area (Å²) in [5.41, 5.74) is 4.45. The van der Waals surface area contributed by atoms with E-state index in [9.17, 15) is 14.7 Å². The van der Waals surface area contributed by atoms with Crippen LogP contribution >= 0.6 is 0 Å². The summed E-state index contributed by atoms with van der Waals surface area (Å²) in [4.78, 5) is 24.0. The Labute approximate surface area is 134 Å². The summed E-state index contributed by atoms with van der Waals surface area (Å²) in [7, 11) is 1.44. The van der Waals surface area contributed by atoms with Gasteiger partial charge in [-0.05, 0) is 17.2 Å². The molecule has 0 heterocycles. The van der Waals surface area contributed by atoms with Gasteiger partial charge in [-0.2, -0.15) is 0 Å². The van der Waals surface area contributed by atoms with E-state index in [0.717, 1.165) is 10.6 Å². The molecule has 1 atom stereocenters. The zero-order valence-electron chi connectivity index (χ0n) is 12.6. The normalized spacial score (nSPS) is 11.7. The molecule has 0 fully saturated rings. The number of hydrazine groups is 1. The third-order valence-corrected chi connectivity index (χ3v) is 3.47. The van der Waals surface area contributed by atoms with Crippen LogP contribution in [0.25, 0.3) is 11.1 Å². The number of benzene rings is 2. The molecule has 0 spiro atoms. The minimum atomic E-state index is -1.36. The van der Waals surface area contributed by atoms with Crippen LogP contribution in [-0.4, -0.2) is 46.8 Å². The number of carbonyl (C=O) groups excluding carboxylic acids is 1. The Hall–Kier alpha value is -2.70. The van der Waals surface area contributed by atoms with Crippen LogP contribution < -0.4 is 5.43 Å². The monoisotopic (exact) mass is 314 g/mol. The van der Waals surface area contributed by atoms with Gasteiger partial charge < -0.3 is 10.2 Å². The molecule has 120 valence electrons. The maximum Gasteiger partial charge on any atom is 0.330 e. The topological polar surface area (TPSA) is 89.9 Å². The van der Waals surface area contributed by atoms with Gasteiger partial charge in [-0.15, -0.1) is 0 Å². The number of nitrogens with one attached hydrogen (secondary N) is 1. The second-order valence-corrected chi connectivity index (χ2v) is 4.85. The highest BCUT2D eigenvalue weighted by atomic mass is 16.4. The lowest BCUT2D eigenvalue weighted by Gasteiger charge is -2.27. The van der Waals surface area contributed by atoms with Gasteiger partial charge in [0.25, 0.3) is 5.91 Å². The summed E-state index contributed by atoms with van der Waals surface area (Å²) in [6.45, 7) is -0.685. The Morgan fingerprint density at radius 3 is 2.26 bits per heavy atom. The lowest BCUT2D eigenvalue weighted by atomic mass is 9.99. The van der Waals surface area contributed by atoms with Crippen LogP contribution in [0.15, 0.2) is 54.6 Å². The zero-order chi connectivity index (χ0) is 16.8. The van der Waals surface area contributed by atoms with E-state index in [1.165, 1.54) is 7.05 Å². The summed E-state index contributed by atoms with van der Waals surface area (Å²) < 4.78 is 0. The average Bonchev–Trinajstić information content (AvgIpc) is 2.59. The molecule has 1 unspecified atom stereocenters. The van der Waals surface area contributed by atoms with Crippen LogP contribution in [0.1, 0.15) is 10.4 Å². The third kappa shape index (κ3) is 3.56. The van der Waals surface area contributed by atoms with Gasteiger partial charge in [0.2, 0.25) is 0 Å². The highest BCUT2D eigenvalue weighted by Crippen LogP contribution is 2.24. The number of carboxylic acid groups (broad SMARTS) is 1. The first-order valence-corrected chi connectivity index (χ1v) is 7.09. The van der Waals surface area contributed by atoms with E-state index in [0.29, 0.717) is 11.1 Å². The van der Waals surface area contributed by atoms with Crippen molar-refractivity contribution in [2.24, 2.45) is 0 Å². The summed E-state index contributed by atoms with van der Waals surface area (Å²) in [5, 5.41) is 19.3. The smallest absolute Gasteiger partial charge is 0.330 e. The molecule has 2 aromatic carbocycles. The van der Waals surface area contributed by atoms with Crippen LogP contribution in [0.3, 0.4) is 0 Å². The van der Waals surface area contributed by atoms with Crippen LogP contribution in [0.2, 0.25) is 0 Å². The van der Waals surface area contributed by atoms with E-state index in [-0.39, 0.29) is 0 Å². The number of aliphatic carboxylic acids is 1. The molecule has 0 radical (unpaired) electrons. The van der Waals surface area contributed by atoms with Gasteiger partial charge in [0.1, 0.15) is 0 Å². The number of amides is 1. The van der Waals surface area contributed by atoms with Crippen molar-refractivity contribution in [3.8, 4) is 11.1 Å². The largest absolute Gasteiger partial charge is 0.480 e. The fourth-order valence-corrected chi connectivity index (χ4v) is 2.34. The minimum Gasteiger partial charge on any atom is -0.480 e. The van der Waals surface area contributed by atoms with Crippen LogP contribution in [0.5, 0.6) is 0 Å². The number of carbonyl (C=O) groups is 2. The van der Waals surface area contributed by atoms with Gasteiger partial charge in [-0.25, -0.2) is 10.2 Å². The van der Waals surface area contributed by atoms with Gasteiger partial charge in [0, 0.05) is 12.6 Å². The van der Waals surface area contributed by atoms with Crippen molar-refractivity contribution < 1.29 is 19.8 Å². The van der Waals surface area contributed by atoms with Crippen molar-refractivity contribution in [3.63, 3.8) is 0 Å². The standard InChI is InChI=1S/C17H18N2O4/c1-18-19(15(11-20)17(22)23)16(21)14-10-6-5-9-13(14)12-7-3-2-4-8-12/h2-10,15,18,20H,11H2,1H3,(H,22,23). The first kappa shape index (κ1) is 16.7. The number of hydrogen-bond donors (Lipinski definition) is 3. The molecule has 0 aliphatic rings. The van der Waals surface area contributed by atoms with Crippen LogP contribution in [0.4, 0.5) is 0 Å². The number of carboxylic acids is 1. The van der Waals surface area contributed by atoms with E-state index < -0.39 is 24.5 Å². The summed E-state index contributed by atoms with van der Waals surface area (Å²) in [5.74, 6) is -1.80. The van der Waals surface area contributed by atoms with Crippen molar-refractivity contribution in [2.75, 3.05) is 13.7 Å².